The first-order chi connectivity index (χ1) is 8.31. The molecule has 17 heavy (non-hydrogen) atoms. The molecule has 4 fully saturated rings. The van der Waals surface area contributed by atoms with E-state index in [-0.39, 0.29) is 0 Å². The summed E-state index contributed by atoms with van der Waals surface area (Å²) < 4.78 is 5.43. The normalized spacial score (nSPS) is 43.2. The molecule has 0 unspecified atom stereocenters. The highest BCUT2D eigenvalue weighted by atomic mass is 16.3. The number of rotatable bonds is 3. The standard InChI is InChI=1S/C15H21NO/c1-2-14(17-3-1)10-16-15-7-11-4-12(8-15)6-13(5-11)9-15/h1-3,11-13,16H,4-10H2. The average molecular weight is 231 g/mol. The third kappa shape index (κ3) is 1.74. The first-order valence-corrected chi connectivity index (χ1v) is 7.09. The third-order valence-corrected chi connectivity index (χ3v) is 5.26. The van der Waals surface area contributed by atoms with Crippen LogP contribution in [0.25, 0.3) is 0 Å². The summed E-state index contributed by atoms with van der Waals surface area (Å²) in [6, 6.07) is 4.06. The zero-order valence-corrected chi connectivity index (χ0v) is 10.3. The predicted octanol–water partition coefficient (Wildman–Crippen LogP) is 3.34. The molecule has 1 aromatic rings. The second-order valence-corrected chi connectivity index (χ2v) is 6.63. The maximum Gasteiger partial charge on any atom is 0.117 e. The molecule has 0 saturated heterocycles. The fourth-order valence-electron chi connectivity index (χ4n) is 5.01. The van der Waals surface area contributed by atoms with E-state index < -0.39 is 0 Å². The molecule has 4 saturated carbocycles. The van der Waals surface area contributed by atoms with E-state index in [1.54, 1.807) is 6.26 Å². The van der Waals surface area contributed by atoms with Gasteiger partial charge in [0.25, 0.3) is 0 Å². The lowest BCUT2D eigenvalue weighted by molar-refractivity contribution is -0.0213. The van der Waals surface area contributed by atoms with E-state index in [4.69, 9.17) is 4.42 Å². The first kappa shape index (κ1) is 10.2. The zero-order chi connectivity index (χ0) is 11.3. The average Bonchev–Trinajstić information content (AvgIpc) is 2.77. The highest BCUT2D eigenvalue weighted by Gasteiger charge is 2.50. The Labute approximate surface area is 103 Å². The van der Waals surface area contributed by atoms with Crippen LogP contribution in [-0.4, -0.2) is 5.54 Å². The Kier molecular flexibility index (Phi) is 2.17. The van der Waals surface area contributed by atoms with Crippen LogP contribution in [0.1, 0.15) is 44.3 Å². The van der Waals surface area contributed by atoms with Gasteiger partial charge < -0.3 is 9.73 Å². The van der Waals surface area contributed by atoms with Crippen molar-refractivity contribution in [1.29, 1.82) is 0 Å². The Morgan fingerprint density at radius 1 is 1.12 bits per heavy atom. The lowest BCUT2D eigenvalue weighted by atomic mass is 9.53. The van der Waals surface area contributed by atoms with Gasteiger partial charge in [-0.25, -0.2) is 0 Å². The Hall–Kier alpha value is -0.760. The molecular formula is C15H21NO. The van der Waals surface area contributed by atoms with Crippen molar-refractivity contribution in [2.24, 2.45) is 17.8 Å². The monoisotopic (exact) mass is 231 g/mol. The summed E-state index contributed by atoms with van der Waals surface area (Å²) in [6.07, 6.45) is 10.6. The topological polar surface area (TPSA) is 25.2 Å². The van der Waals surface area contributed by atoms with Crippen molar-refractivity contribution >= 4 is 0 Å². The van der Waals surface area contributed by atoms with Crippen molar-refractivity contribution in [1.82, 2.24) is 5.32 Å². The van der Waals surface area contributed by atoms with Crippen LogP contribution in [-0.2, 0) is 6.54 Å². The SMILES string of the molecule is c1coc(CNC23CC4CC(CC(C4)C2)C3)c1. The van der Waals surface area contributed by atoms with Crippen molar-refractivity contribution in [3.63, 3.8) is 0 Å². The highest BCUT2D eigenvalue weighted by Crippen LogP contribution is 2.55. The second kappa shape index (κ2) is 3.61. The van der Waals surface area contributed by atoms with E-state index in [1.807, 2.05) is 6.07 Å². The molecule has 4 aliphatic rings. The third-order valence-electron chi connectivity index (χ3n) is 5.26. The van der Waals surface area contributed by atoms with Crippen LogP contribution in [0.15, 0.2) is 22.8 Å². The minimum atomic E-state index is 0.460. The van der Waals surface area contributed by atoms with Crippen molar-refractivity contribution < 1.29 is 4.42 Å². The predicted molar refractivity (Wildman–Crippen MR) is 66.5 cm³/mol. The van der Waals surface area contributed by atoms with Gasteiger partial charge in [0.1, 0.15) is 5.76 Å². The van der Waals surface area contributed by atoms with Gasteiger partial charge in [0.2, 0.25) is 0 Å². The van der Waals surface area contributed by atoms with E-state index >= 15 is 0 Å². The van der Waals surface area contributed by atoms with Crippen molar-refractivity contribution in [2.45, 2.75) is 50.6 Å². The number of hydrogen-bond acceptors (Lipinski definition) is 2. The van der Waals surface area contributed by atoms with Gasteiger partial charge in [-0.3, -0.25) is 0 Å². The van der Waals surface area contributed by atoms with Crippen LogP contribution in [0.3, 0.4) is 0 Å². The van der Waals surface area contributed by atoms with E-state index in [0.717, 1.165) is 30.1 Å². The summed E-state index contributed by atoms with van der Waals surface area (Å²) >= 11 is 0. The minimum absolute atomic E-state index is 0.460. The smallest absolute Gasteiger partial charge is 0.117 e. The molecule has 2 heteroatoms. The van der Waals surface area contributed by atoms with Crippen LogP contribution >= 0.6 is 0 Å². The molecule has 0 atom stereocenters. The Balaban J connectivity index is 1.49. The van der Waals surface area contributed by atoms with Crippen LogP contribution < -0.4 is 5.32 Å². The lowest BCUT2D eigenvalue weighted by Gasteiger charge is -2.57. The Morgan fingerprint density at radius 2 is 1.76 bits per heavy atom. The molecule has 92 valence electrons. The summed E-state index contributed by atoms with van der Waals surface area (Å²) in [5.41, 5.74) is 0.460. The van der Waals surface area contributed by atoms with Gasteiger partial charge in [-0.1, -0.05) is 0 Å². The number of hydrogen-bond donors (Lipinski definition) is 1. The first-order valence-electron chi connectivity index (χ1n) is 7.09. The van der Waals surface area contributed by atoms with Crippen LogP contribution in [0.2, 0.25) is 0 Å². The minimum Gasteiger partial charge on any atom is -0.468 e. The molecule has 2 nitrogen and oxygen atoms in total. The van der Waals surface area contributed by atoms with Crippen LogP contribution in [0.5, 0.6) is 0 Å². The summed E-state index contributed by atoms with van der Waals surface area (Å²) in [5, 5.41) is 3.84. The molecule has 4 bridgehead atoms. The van der Waals surface area contributed by atoms with Gasteiger partial charge >= 0.3 is 0 Å². The molecule has 0 aliphatic heterocycles. The molecule has 5 rings (SSSR count). The lowest BCUT2D eigenvalue weighted by Crippen LogP contribution is -2.58. The van der Waals surface area contributed by atoms with Crippen LogP contribution in [0.4, 0.5) is 0 Å². The van der Waals surface area contributed by atoms with Gasteiger partial charge in [0, 0.05) is 5.54 Å². The summed E-state index contributed by atoms with van der Waals surface area (Å²) in [5.74, 6) is 4.14. The molecular weight excluding hydrogens is 210 g/mol. The van der Waals surface area contributed by atoms with Crippen molar-refractivity contribution in [3.8, 4) is 0 Å². The molecule has 0 aromatic carbocycles. The quantitative estimate of drug-likeness (QED) is 0.863. The number of furan rings is 1. The fourth-order valence-corrected chi connectivity index (χ4v) is 5.01. The van der Waals surface area contributed by atoms with E-state index in [9.17, 15) is 0 Å². The molecule has 0 amide bonds. The van der Waals surface area contributed by atoms with E-state index in [1.165, 1.54) is 38.5 Å². The molecule has 0 spiro atoms. The summed E-state index contributed by atoms with van der Waals surface area (Å²) in [4.78, 5) is 0. The van der Waals surface area contributed by atoms with E-state index in [2.05, 4.69) is 11.4 Å². The zero-order valence-electron chi connectivity index (χ0n) is 10.3. The maximum absolute atomic E-state index is 5.43. The maximum atomic E-state index is 5.43. The van der Waals surface area contributed by atoms with Gasteiger partial charge in [-0.05, 0) is 68.4 Å². The highest BCUT2D eigenvalue weighted by molar-refractivity contribution is 5.08. The number of nitrogens with one attached hydrogen (secondary N) is 1. The molecule has 4 aliphatic carbocycles. The second-order valence-electron chi connectivity index (χ2n) is 6.63. The summed E-state index contributed by atoms with van der Waals surface area (Å²) in [6.45, 7) is 0.916. The Bertz CT molecular complexity index is 360. The Morgan fingerprint density at radius 3 is 2.29 bits per heavy atom. The van der Waals surface area contributed by atoms with Gasteiger partial charge in [-0.2, -0.15) is 0 Å². The van der Waals surface area contributed by atoms with Gasteiger partial charge in [0.15, 0.2) is 0 Å². The largest absolute Gasteiger partial charge is 0.468 e. The molecule has 0 radical (unpaired) electrons. The van der Waals surface area contributed by atoms with Crippen LogP contribution in [0, 0.1) is 17.8 Å². The summed E-state index contributed by atoms with van der Waals surface area (Å²) in [7, 11) is 0. The van der Waals surface area contributed by atoms with Crippen molar-refractivity contribution in [2.75, 3.05) is 0 Å². The van der Waals surface area contributed by atoms with Gasteiger partial charge in [-0.15, -0.1) is 0 Å². The molecule has 1 N–H and O–H groups in total. The van der Waals surface area contributed by atoms with E-state index in [0.29, 0.717) is 5.54 Å². The van der Waals surface area contributed by atoms with Crippen molar-refractivity contribution in [3.05, 3.63) is 24.2 Å². The van der Waals surface area contributed by atoms with Gasteiger partial charge in [0.05, 0.1) is 12.8 Å². The molecule has 1 heterocycles. The molecule has 1 aromatic heterocycles. The fraction of sp³-hybridized carbons (Fsp3) is 0.733.